The third-order valence-corrected chi connectivity index (χ3v) is 6.28. The van der Waals surface area contributed by atoms with Gasteiger partial charge in [-0.05, 0) is 29.1 Å². The van der Waals surface area contributed by atoms with Crippen LogP contribution in [0.4, 0.5) is 11.5 Å². The van der Waals surface area contributed by atoms with Gasteiger partial charge in [0.1, 0.15) is 22.6 Å². The lowest BCUT2D eigenvalue weighted by Gasteiger charge is -2.35. The molecule has 1 aromatic carbocycles. The van der Waals surface area contributed by atoms with Gasteiger partial charge in [0.25, 0.3) is 0 Å². The molecule has 1 saturated heterocycles. The minimum Gasteiger partial charge on any atom is -0.423 e. The number of fused-ring (bicyclic) bond motifs is 2. The Morgan fingerprint density at radius 1 is 1.13 bits per heavy atom. The average Bonchev–Trinajstić information content (AvgIpc) is 3.22. The van der Waals surface area contributed by atoms with E-state index in [1.165, 1.54) is 6.92 Å². The topological polar surface area (TPSA) is 91.6 Å². The Bertz CT molecular complexity index is 1320. The maximum absolute atomic E-state index is 12.1. The van der Waals surface area contributed by atoms with Gasteiger partial charge in [0.05, 0.1) is 5.39 Å². The lowest BCUT2D eigenvalue weighted by Crippen LogP contribution is -2.46. The van der Waals surface area contributed by atoms with Crippen molar-refractivity contribution in [1.29, 1.82) is 0 Å². The molecule has 1 amide bonds. The zero-order valence-electron chi connectivity index (χ0n) is 17.0. The van der Waals surface area contributed by atoms with Crippen molar-refractivity contribution in [2.24, 2.45) is 0 Å². The second-order valence-corrected chi connectivity index (χ2v) is 8.48. The Balaban J connectivity index is 1.33. The van der Waals surface area contributed by atoms with Crippen molar-refractivity contribution in [2.45, 2.75) is 13.5 Å². The predicted molar refractivity (Wildman–Crippen MR) is 122 cm³/mol. The summed E-state index contributed by atoms with van der Waals surface area (Å²) in [7, 11) is 0. The smallest absolute Gasteiger partial charge is 0.336 e. The second kappa shape index (κ2) is 8.09. The highest BCUT2D eigenvalue weighted by molar-refractivity contribution is 7.16. The number of amides is 1. The van der Waals surface area contributed by atoms with Gasteiger partial charge in [-0.2, -0.15) is 0 Å². The minimum atomic E-state index is -0.387. The molecule has 3 aromatic heterocycles. The fourth-order valence-electron chi connectivity index (χ4n) is 4.03. The summed E-state index contributed by atoms with van der Waals surface area (Å²) in [5, 5.41) is 6.75. The van der Waals surface area contributed by atoms with E-state index in [0.717, 1.165) is 53.2 Å². The molecule has 0 atom stereocenters. The Morgan fingerprint density at radius 3 is 2.77 bits per heavy atom. The van der Waals surface area contributed by atoms with E-state index in [2.05, 4.69) is 31.2 Å². The average molecular weight is 436 g/mol. The summed E-state index contributed by atoms with van der Waals surface area (Å²) in [6.45, 7) is 5.54. The third-order valence-electron chi connectivity index (χ3n) is 5.46. The van der Waals surface area contributed by atoms with Crippen LogP contribution in [0.5, 0.6) is 0 Å². The van der Waals surface area contributed by atoms with Crippen LogP contribution >= 0.6 is 11.3 Å². The van der Waals surface area contributed by atoms with Crippen molar-refractivity contribution < 1.29 is 9.21 Å². The molecule has 0 unspecified atom stereocenters. The predicted octanol–water partition coefficient (Wildman–Crippen LogP) is 3.08. The number of hydrogen-bond acceptors (Lipinski definition) is 8. The molecule has 9 heteroatoms. The van der Waals surface area contributed by atoms with E-state index in [1.54, 1.807) is 29.8 Å². The van der Waals surface area contributed by atoms with E-state index in [-0.39, 0.29) is 11.5 Å². The summed E-state index contributed by atoms with van der Waals surface area (Å²) in [6.07, 6.45) is 1.63. The van der Waals surface area contributed by atoms with E-state index < -0.39 is 0 Å². The van der Waals surface area contributed by atoms with Crippen molar-refractivity contribution in [2.75, 3.05) is 36.4 Å². The van der Waals surface area contributed by atoms with Crippen LogP contribution < -0.4 is 15.8 Å². The molecule has 4 aromatic rings. The molecular formula is C22H21N5O3S. The molecule has 158 valence electrons. The number of anilines is 2. The minimum absolute atomic E-state index is 0.167. The molecule has 31 heavy (non-hydrogen) atoms. The van der Waals surface area contributed by atoms with Crippen molar-refractivity contribution >= 4 is 49.9 Å². The number of nitrogens with zero attached hydrogens (tertiary/aromatic N) is 4. The van der Waals surface area contributed by atoms with Gasteiger partial charge in [-0.3, -0.25) is 9.69 Å². The number of rotatable bonds is 4. The van der Waals surface area contributed by atoms with Crippen LogP contribution in [0.1, 0.15) is 12.5 Å². The number of carbonyl (C=O) groups excluding carboxylic acids is 1. The highest BCUT2D eigenvalue weighted by Crippen LogP contribution is 2.28. The number of thiophene rings is 1. The van der Waals surface area contributed by atoms with Gasteiger partial charge >= 0.3 is 5.63 Å². The summed E-state index contributed by atoms with van der Waals surface area (Å²) < 4.78 is 5.38. The van der Waals surface area contributed by atoms with E-state index in [9.17, 15) is 9.59 Å². The van der Waals surface area contributed by atoms with Gasteiger partial charge in [0.15, 0.2) is 0 Å². The second-order valence-electron chi connectivity index (χ2n) is 7.58. The first-order chi connectivity index (χ1) is 15.1. The first-order valence-corrected chi connectivity index (χ1v) is 10.9. The van der Waals surface area contributed by atoms with Crippen LogP contribution in [-0.4, -0.2) is 47.0 Å². The molecule has 1 aliphatic rings. The normalized spacial score (nSPS) is 14.9. The van der Waals surface area contributed by atoms with Crippen molar-refractivity contribution in [3.05, 3.63) is 58.0 Å². The quantitative estimate of drug-likeness (QED) is 0.493. The molecule has 0 saturated carbocycles. The Labute approximate surface area is 182 Å². The van der Waals surface area contributed by atoms with E-state index in [0.29, 0.717) is 17.8 Å². The highest BCUT2D eigenvalue weighted by Gasteiger charge is 2.21. The van der Waals surface area contributed by atoms with Crippen LogP contribution in [0.2, 0.25) is 0 Å². The molecule has 1 aliphatic heterocycles. The molecule has 4 heterocycles. The molecule has 1 fully saturated rings. The molecule has 5 rings (SSSR count). The van der Waals surface area contributed by atoms with Crippen LogP contribution in [0.15, 0.2) is 51.3 Å². The van der Waals surface area contributed by atoms with Crippen LogP contribution in [0, 0.1) is 0 Å². The number of hydrogen-bond donors (Lipinski definition) is 1. The van der Waals surface area contributed by atoms with Gasteiger partial charge in [-0.25, -0.2) is 14.8 Å². The lowest BCUT2D eigenvalue weighted by atomic mass is 10.1. The fourth-order valence-corrected chi connectivity index (χ4v) is 4.76. The fraction of sp³-hybridized carbons (Fsp3) is 0.273. The molecule has 0 spiro atoms. The maximum atomic E-state index is 12.1. The third kappa shape index (κ3) is 4.01. The van der Waals surface area contributed by atoms with Crippen LogP contribution in [0.25, 0.3) is 21.2 Å². The summed E-state index contributed by atoms with van der Waals surface area (Å²) in [5.41, 5.74) is 1.63. The zero-order chi connectivity index (χ0) is 21.4. The van der Waals surface area contributed by atoms with Crippen molar-refractivity contribution in [1.82, 2.24) is 14.9 Å². The van der Waals surface area contributed by atoms with Gasteiger partial charge in [-0.15, -0.1) is 11.3 Å². The number of nitrogens with one attached hydrogen (secondary N) is 1. The number of carbonyl (C=O) groups is 1. The number of piperazine rings is 1. The van der Waals surface area contributed by atoms with Crippen molar-refractivity contribution in [3.8, 4) is 0 Å². The first kappa shape index (κ1) is 19.7. The standard InChI is InChI=1S/C22H21N5O3S/c1-14(28)25-16-2-3-17-15(10-20(29)30-19(17)11-16)12-26-5-7-27(8-6-26)21-18-4-9-31-22(18)24-13-23-21/h2-4,9-11,13H,5-8,12H2,1H3,(H,25,28). The largest absolute Gasteiger partial charge is 0.423 e. The molecule has 0 aliphatic carbocycles. The van der Waals surface area contributed by atoms with Gasteiger partial charge in [0, 0.05) is 62.9 Å². The Hall–Kier alpha value is -3.30. The lowest BCUT2D eigenvalue weighted by molar-refractivity contribution is -0.114. The van der Waals surface area contributed by atoms with Gasteiger partial charge in [0.2, 0.25) is 5.91 Å². The summed E-state index contributed by atoms with van der Waals surface area (Å²) in [6, 6.07) is 9.05. The van der Waals surface area contributed by atoms with Gasteiger partial charge < -0.3 is 14.6 Å². The SMILES string of the molecule is CC(=O)Nc1ccc2c(CN3CCN(c4ncnc5sccc45)CC3)cc(=O)oc2c1. The molecule has 0 bridgehead atoms. The maximum Gasteiger partial charge on any atom is 0.336 e. The zero-order valence-corrected chi connectivity index (χ0v) is 17.8. The summed E-state index contributed by atoms with van der Waals surface area (Å²) in [4.78, 5) is 37.9. The number of aromatic nitrogens is 2. The summed E-state index contributed by atoms with van der Waals surface area (Å²) in [5.74, 6) is 0.821. The first-order valence-electron chi connectivity index (χ1n) is 10.1. The van der Waals surface area contributed by atoms with E-state index in [4.69, 9.17) is 4.42 Å². The monoisotopic (exact) mass is 435 g/mol. The molecular weight excluding hydrogens is 414 g/mol. The number of benzene rings is 1. The van der Waals surface area contributed by atoms with E-state index >= 15 is 0 Å². The van der Waals surface area contributed by atoms with Crippen LogP contribution in [0.3, 0.4) is 0 Å². The highest BCUT2D eigenvalue weighted by atomic mass is 32.1. The van der Waals surface area contributed by atoms with Gasteiger partial charge in [-0.1, -0.05) is 0 Å². The summed E-state index contributed by atoms with van der Waals surface area (Å²) >= 11 is 1.62. The van der Waals surface area contributed by atoms with Crippen LogP contribution in [-0.2, 0) is 11.3 Å². The molecule has 8 nitrogen and oxygen atoms in total. The molecule has 1 N–H and O–H groups in total. The van der Waals surface area contributed by atoms with E-state index in [1.807, 2.05) is 17.5 Å². The van der Waals surface area contributed by atoms with Crippen molar-refractivity contribution in [3.63, 3.8) is 0 Å². The Morgan fingerprint density at radius 2 is 1.97 bits per heavy atom. The Kier molecular flexibility index (Phi) is 5.13. The molecule has 0 radical (unpaired) electrons.